The van der Waals surface area contributed by atoms with Gasteiger partial charge in [-0.2, -0.15) is 0 Å². The minimum atomic E-state index is -0.509. The number of carbonyl (C=O) groups is 1. The number of amides is 1. The minimum Gasteiger partial charge on any atom is -0.499 e. The topological polar surface area (TPSA) is 131 Å². The van der Waals surface area contributed by atoms with Crippen LogP contribution in [0.5, 0.6) is 0 Å². The van der Waals surface area contributed by atoms with Gasteiger partial charge in [0, 0.05) is 6.54 Å². The molecule has 0 saturated heterocycles. The molecule has 0 saturated carbocycles. The molecule has 40 heavy (non-hydrogen) atoms. The molecule has 0 spiro atoms. The number of hydrogen-bond acceptors (Lipinski definition) is 12. The molecule has 0 fully saturated rings. The van der Waals surface area contributed by atoms with E-state index in [9.17, 15) is 4.79 Å². The molecule has 0 heterocycles. The highest BCUT2D eigenvalue weighted by atomic mass is 16.6. The monoisotopic (exact) mass is 583 g/mol. The molecule has 0 aliphatic heterocycles. The van der Waals surface area contributed by atoms with Gasteiger partial charge in [-0.3, -0.25) is 0 Å². The summed E-state index contributed by atoms with van der Waals surface area (Å²) in [6.45, 7) is 18.6. The standard InChI is InChI=1S/C27H53NO12/c1-5-30-8-9-32-12-13-34-16-17-36-20-21-38-24-25-39-23-22-37-19-18-35-15-14-33-11-10-31-7-6-28-26(29)40-27(2,3)4/h5H,1,6-25H2,2-4H3,(H,28,29). The highest BCUT2D eigenvalue weighted by Crippen LogP contribution is 2.06. The summed E-state index contributed by atoms with van der Waals surface area (Å²) in [6.07, 6.45) is 0.941. The van der Waals surface area contributed by atoms with Crippen molar-refractivity contribution >= 4 is 6.09 Å². The maximum Gasteiger partial charge on any atom is 0.407 e. The third-order valence-corrected chi connectivity index (χ3v) is 4.35. The summed E-state index contributed by atoms with van der Waals surface area (Å²) in [4.78, 5) is 11.5. The van der Waals surface area contributed by atoms with Gasteiger partial charge in [-0.15, -0.1) is 0 Å². The molecule has 0 aromatic rings. The van der Waals surface area contributed by atoms with E-state index < -0.39 is 11.7 Å². The first kappa shape index (κ1) is 38.5. The average Bonchev–Trinajstić information content (AvgIpc) is 2.90. The second-order valence-electron chi connectivity index (χ2n) is 8.98. The Hall–Kier alpha value is -1.55. The number of nitrogens with one attached hydrogen (secondary N) is 1. The lowest BCUT2D eigenvalue weighted by Gasteiger charge is -2.19. The maximum absolute atomic E-state index is 11.5. The van der Waals surface area contributed by atoms with Crippen LogP contribution in [0.4, 0.5) is 4.79 Å². The van der Waals surface area contributed by atoms with E-state index in [2.05, 4.69) is 11.9 Å². The molecule has 0 aliphatic carbocycles. The van der Waals surface area contributed by atoms with Crippen molar-refractivity contribution in [2.45, 2.75) is 26.4 Å². The van der Waals surface area contributed by atoms with Crippen LogP contribution in [0, 0.1) is 0 Å². The number of carbonyl (C=O) groups excluding carboxylic acids is 1. The molecule has 0 aromatic carbocycles. The van der Waals surface area contributed by atoms with Crippen molar-refractivity contribution in [2.24, 2.45) is 0 Å². The summed E-state index contributed by atoms with van der Waals surface area (Å²) in [5.74, 6) is 0. The third-order valence-electron chi connectivity index (χ3n) is 4.35. The van der Waals surface area contributed by atoms with E-state index in [-0.39, 0.29) is 0 Å². The highest BCUT2D eigenvalue weighted by Gasteiger charge is 2.15. The van der Waals surface area contributed by atoms with E-state index in [0.29, 0.717) is 132 Å². The van der Waals surface area contributed by atoms with E-state index in [1.165, 1.54) is 6.26 Å². The van der Waals surface area contributed by atoms with E-state index in [1.54, 1.807) is 0 Å². The van der Waals surface area contributed by atoms with Gasteiger partial charge in [-0.1, -0.05) is 6.58 Å². The van der Waals surface area contributed by atoms with Crippen molar-refractivity contribution in [2.75, 3.05) is 132 Å². The lowest BCUT2D eigenvalue weighted by atomic mass is 10.2. The van der Waals surface area contributed by atoms with Gasteiger partial charge in [0.2, 0.25) is 0 Å². The summed E-state index contributed by atoms with van der Waals surface area (Å²) < 4.78 is 58.8. The molecule has 0 unspecified atom stereocenters. The molecule has 0 atom stereocenters. The van der Waals surface area contributed by atoms with Crippen molar-refractivity contribution in [1.29, 1.82) is 0 Å². The van der Waals surface area contributed by atoms with Gasteiger partial charge in [-0.05, 0) is 20.8 Å². The van der Waals surface area contributed by atoms with Crippen molar-refractivity contribution < 1.29 is 56.9 Å². The summed E-state index contributed by atoms with van der Waals surface area (Å²) >= 11 is 0. The molecule has 1 amide bonds. The fourth-order valence-corrected chi connectivity index (χ4v) is 2.59. The van der Waals surface area contributed by atoms with Crippen LogP contribution in [0.3, 0.4) is 0 Å². The van der Waals surface area contributed by atoms with Crippen LogP contribution < -0.4 is 5.32 Å². The molecule has 0 aliphatic rings. The Morgan fingerprint density at radius 3 is 1.07 bits per heavy atom. The lowest BCUT2D eigenvalue weighted by molar-refractivity contribution is -0.0255. The highest BCUT2D eigenvalue weighted by molar-refractivity contribution is 5.67. The molecule has 1 N–H and O–H groups in total. The maximum atomic E-state index is 11.5. The number of rotatable bonds is 31. The van der Waals surface area contributed by atoms with Crippen LogP contribution in [-0.2, 0) is 52.1 Å². The SMILES string of the molecule is C=COCCOCCOCCOCCOCCOCCOCCOCCOCCOCCNC(=O)OC(C)(C)C. The number of alkyl carbamates (subject to hydrolysis) is 1. The van der Waals surface area contributed by atoms with E-state index in [0.717, 1.165) is 0 Å². The predicted octanol–water partition coefficient (Wildman–Crippen LogP) is 1.82. The molecular weight excluding hydrogens is 530 g/mol. The van der Waals surface area contributed by atoms with Crippen molar-refractivity contribution in [3.05, 3.63) is 12.8 Å². The number of hydrogen-bond donors (Lipinski definition) is 1. The van der Waals surface area contributed by atoms with E-state index in [4.69, 9.17) is 52.1 Å². The zero-order valence-electron chi connectivity index (χ0n) is 24.8. The Labute approximate surface area is 239 Å². The summed E-state index contributed by atoms with van der Waals surface area (Å²) in [5, 5.41) is 2.63. The first-order valence-electron chi connectivity index (χ1n) is 13.8. The average molecular weight is 584 g/mol. The largest absolute Gasteiger partial charge is 0.499 e. The smallest absolute Gasteiger partial charge is 0.407 e. The van der Waals surface area contributed by atoms with Crippen LogP contribution in [0.1, 0.15) is 20.8 Å². The molecule has 238 valence electrons. The van der Waals surface area contributed by atoms with Crippen LogP contribution >= 0.6 is 0 Å². The summed E-state index contributed by atoms with van der Waals surface area (Å²) in [6, 6.07) is 0. The van der Waals surface area contributed by atoms with Crippen LogP contribution in [-0.4, -0.2) is 144 Å². The first-order chi connectivity index (χ1) is 19.5. The van der Waals surface area contributed by atoms with Gasteiger partial charge in [0.05, 0.1) is 125 Å². The fraction of sp³-hybridized carbons (Fsp3) is 0.889. The van der Waals surface area contributed by atoms with Crippen LogP contribution in [0.15, 0.2) is 12.8 Å². The molecular formula is C27H53NO12. The van der Waals surface area contributed by atoms with Crippen molar-refractivity contribution in [3.8, 4) is 0 Å². The summed E-state index contributed by atoms with van der Waals surface area (Å²) in [7, 11) is 0. The number of ether oxygens (including phenoxy) is 11. The van der Waals surface area contributed by atoms with E-state index >= 15 is 0 Å². The van der Waals surface area contributed by atoms with Gasteiger partial charge in [0.1, 0.15) is 12.2 Å². The van der Waals surface area contributed by atoms with Gasteiger partial charge in [0.15, 0.2) is 0 Å². The van der Waals surface area contributed by atoms with Gasteiger partial charge >= 0.3 is 6.09 Å². The lowest BCUT2D eigenvalue weighted by Crippen LogP contribution is -2.34. The Bertz CT molecular complexity index is 548. The fourth-order valence-electron chi connectivity index (χ4n) is 2.59. The van der Waals surface area contributed by atoms with Gasteiger partial charge in [0.25, 0.3) is 0 Å². The summed E-state index contributed by atoms with van der Waals surface area (Å²) in [5.41, 5.74) is -0.509. The van der Waals surface area contributed by atoms with Crippen LogP contribution in [0.25, 0.3) is 0 Å². The first-order valence-corrected chi connectivity index (χ1v) is 13.8. The molecule has 13 heteroatoms. The zero-order chi connectivity index (χ0) is 29.4. The Kier molecular flexibility index (Phi) is 29.2. The Morgan fingerprint density at radius 2 is 0.800 bits per heavy atom. The molecule has 0 aromatic heterocycles. The molecule has 0 radical (unpaired) electrons. The van der Waals surface area contributed by atoms with Gasteiger partial charge in [-0.25, -0.2) is 4.79 Å². The van der Waals surface area contributed by atoms with Crippen molar-refractivity contribution in [1.82, 2.24) is 5.32 Å². The second kappa shape index (κ2) is 30.4. The Morgan fingerprint density at radius 1 is 0.525 bits per heavy atom. The van der Waals surface area contributed by atoms with Crippen LogP contribution in [0.2, 0.25) is 0 Å². The van der Waals surface area contributed by atoms with E-state index in [1.807, 2.05) is 20.8 Å². The van der Waals surface area contributed by atoms with Crippen molar-refractivity contribution in [3.63, 3.8) is 0 Å². The second-order valence-corrected chi connectivity index (χ2v) is 8.98. The Balaban J connectivity index is 3.09. The minimum absolute atomic E-state index is 0.385. The predicted molar refractivity (Wildman–Crippen MR) is 148 cm³/mol. The van der Waals surface area contributed by atoms with Gasteiger partial charge < -0.3 is 57.4 Å². The third kappa shape index (κ3) is 34.5. The molecule has 0 rings (SSSR count). The normalized spacial score (nSPS) is 11.5. The molecule has 13 nitrogen and oxygen atoms in total. The quantitative estimate of drug-likeness (QED) is 0.0944. The zero-order valence-corrected chi connectivity index (χ0v) is 24.8. The molecule has 0 bridgehead atoms.